The molecule has 3 rings (SSSR count). The lowest BCUT2D eigenvalue weighted by Gasteiger charge is -2.16. The summed E-state index contributed by atoms with van der Waals surface area (Å²) in [6.45, 7) is 3.21. The van der Waals surface area contributed by atoms with Gasteiger partial charge in [0, 0.05) is 18.7 Å². The van der Waals surface area contributed by atoms with Gasteiger partial charge in [0.15, 0.2) is 12.4 Å². The molecular weight excluding hydrogens is 308 g/mol. The molecule has 1 fully saturated rings. The zero-order valence-corrected chi connectivity index (χ0v) is 13.5. The molecule has 1 saturated heterocycles. The van der Waals surface area contributed by atoms with E-state index < -0.39 is 0 Å². The summed E-state index contributed by atoms with van der Waals surface area (Å²) in [4.78, 5) is 12.3. The van der Waals surface area contributed by atoms with E-state index in [0.717, 1.165) is 25.0 Å². The minimum atomic E-state index is -0.290. The van der Waals surface area contributed by atoms with Crippen molar-refractivity contribution in [2.24, 2.45) is 0 Å². The van der Waals surface area contributed by atoms with Crippen LogP contribution >= 0.6 is 0 Å². The van der Waals surface area contributed by atoms with E-state index in [0.29, 0.717) is 28.3 Å². The summed E-state index contributed by atoms with van der Waals surface area (Å²) in [5, 5.41) is 13.9. The molecular formula is C18H20N2O4. The Labute approximate surface area is 140 Å². The van der Waals surface area contributed by atoms with Crippen molar-refractivity contribution in [3.8, 4) is 5.75 Å². The molecule has 1 amide bonds. The topological polar surface area (TPSA) is 74.5 Å². The van der Waals surface area contributed by atoms with E-state index >= 15 is 0 Å². The second-order valence-electron chi connectivity index (χ2n) is 5.85. The summed E-state index contributed by atoms with van der Waals surface area (Å²) in [5.41, 5.74) is 2.05. The smallest absolute Gasteiger partial charge is 0.256 e. The number of anilines is 1. The molecule has 0 spiro atoms. The summed E-state index contributed by atoms with van der Waals surface area (Å²) in [6.07, 6.45) is 4.74. The van der Waals surface area contributed by atoms with E-state index in [1.54, 1.807) is 0 Å². The molecule has 0 unspecified atom stereocenters. The van der Waals surface area contributed by atoms with Crippen LogP contribution in [0.4, 0.5) is 5.69 Å². The Morgan fingerprint density at radius 1 is 1.38 bits per heavy atom. The average Bonchev–Trinajstić information content (AvgIpc) is 3.09. The number of aryl methyl sites for hydroxylation is 1. The minimum Gasteiger partial charge on any atom is -0.619 e. The number of nitrogens with one attached hydrogen (secondary N) is 1. The van der Waals surface area contributed by atoms with Crippen LogP contribution in [0.1, 0.15) is 28.8 Å². The largest absolute Gasteiger partial charge is 0.619 e. The highest BCUT2D eigenvalue weighted by atomic mass is 16.5. The molecule has 1 aliphatic heterocycles. The number of carbonyl (C=O) groups excluding carboxylic acids is 1. The lowest BCUT2D eigenvalue weighted by Crippen LogP contribution is -2.25. The molecule has 1 aromatic carbocycles. The number of rotatable bonds is 5. The first kappa shape index (κ1) is 16.3. The zero-order chi connectivity index (χ0) is 16.9. The van der Waals surface area contributed by atoms with Crippen LogP contribution in [0.3, 0.4) is 0 Å². The molecule has 0 bridgehead atoms. The lowest BCUT2D eigenvalue weighted by molar-refractivity contribution is -0.605. The van der Waals surface area contributed by atoms with Crippen LogP contribution in [0.25, 0.3) is 0 Å². The number of nitrogens with zero attached hydrogens (tertiary/aromatic N) is 1. The molecule has 1 aromatic heterocycles. The Hall–Kier alpha value is -2.60. The van der Waals surface area contributed by atoms with Gasteiger partial charge in [-0.15, -0.1) is 0 Å². The Morgan fingerprint density at radius 3 is 2.88 bits per heavy atom. The van der Waals surface area contributed by atoms with Crippen molar-refractivity contribution >= 4 is 11.6 Å². The van der Waals surface area contributed by atoms with Gasteiger partial charge in [-0.3, -0.25) is 4.79 Å². The van der Waals surface area contributed by atoms with Gasteiger partial charge in [-0.25, -0.2) is 0 Å². The summed E-state index contributed by atoms with van der Waals surface area (Å²) < 4.78 is 12.1. The van der Waals surface area contributed by atoms with Gasteiger partial charge in [0.25, 0.3) is 5.91 Å². The van der Waals surface area contributed by atoms with Gasteiger partial charge >= 0.3 is 0 Å². The zero-order valence-electron chi connectivity index (χ0n) is 13.5. The summed E-state index contributed by atoms with van der Waals surface area (Å²) >= 11 is 0. The molecule has 0 saturated carbocycles. The fourth-order valence-electron chi connectivity index (χ4n) is 2.57. The van der Waals surface area contributed by atoms with Crippen molar-refractivity contribution < 1.29 is 19.0 Å². The highest BCUT2D eigenvalue weighted by Crippen LogP contribution is 2.27. The normalized spacial score (nSPS) is 16.8. The van der Waals surface area contributed by atoms with Crippen molar-refractivity contribution in [3.63, 3.8) is 0 Å². The number of carbonyl (C=O) groups is 1. The molecule has 2 heterocycles. The quantitative estimate of drug-likeness (QED) is 0.676. The molecule has 24 heavy (non-hydrogen) atoms. The van der Waals surface area contributed by atoms with E-state index in [-0.39, 0.29) is 12.0 Å². The number of hydrogen-bond acceptors (Lipinski definition) is 4. The predicted octanol–water partition coefficient (Wildman–Crippen LogP) is 2.44. The minimum absolute atomic E-state index is 0.107. The molecule has 0 aliphatic carbocycles. The van der Waals surface area contributed by atoms with Crippen molar-refractivity contribution in [3.05, 3.63) is 59.1 Å². The van der Waals surface area contributed by atoms with E-state index in [2.05, 4.69) is 5.32 Å². The third kappa shape index (κ3) is 4.02. The fourth-order valence-corrected chi connectivity index (χ4v) is 2.57. The van der Waals surface area contributed by atoms with Crippen LogP contribution in [0.5, 0.6) is 5.75 Å². The monoisotopic (exact) mass is 328 g/mol. The van der Waals surface area contributed by atoms with E-state index in [4.69, 9.17) is 9.47 Å². The van der Waals surface area contributed by atoms with Crippen LogP contribution < -0.4 is 14.8 Å². The number of amides is 1. The first-order chi connectivity index (χ1) is 11.6. The van der Waals surface area contributed by atoms with Crippen molar-refractivity contribution in [2.45, 2.75) is 25.9 Å². The Balaban J connectivity index is 1.71. The molecule has 6 nitrogen and oxygen atoms in total. The predicted molar refractivity (Wildman–Crippen MR) is 89.0 cm³/mol. The van der Waals surface area contributed by atoms with Gasteiger partial charge in [-0.05, 0) is 37.5 Å². The fraction of sp³-hybridized carbons (Fsp3) is 0.333. The number of aromatic nitrogens is 1. The third-order valence-electron chi connectivity index (χ3n) is 3.90. The van der Waals surface area contributed by atoms with Crippen LogP contribution in [0, 0.1) is 12.1 Å². The number of ether oxygens (including phenoxy) is 2. The Bertz CT molecular complexity index is 709. The first-order valence-electron chi connectivity index (χ1n) is 7.97. The Morgan fingerprint density at radius 2 is 2.17 bits per heavy atom. The molecule has 0 radical (unpaired) electrons. The maximum atomic E-state index is 12.3. The summed E-state index contributed by atoms with van der Waals surface area (Å²) in [7, 11) is 0. The molecule has 126 valence electrons. The van der Waals surface area contributed by atoms with Gasteiger partial charge in [0.1, 0.15) is 12.4 Å². The van der Waals surface area contributed by atoms with Gasteiger partial charge in [-0.1, -0.05) is 6.07 Å². The third-order valence-corrected chi connectivity index (χ3v) is 3.90. The highest BCUT2D eigenvalue weighted by molar-refractivity contribution is 6.04. The first-order valence-corrected chi connectivity index (χ1v) is 7.97. The SMILES string of the molecule is Cc1ccc(NC(=O)c2cc[n+]([O-])cc2)c(OC[C@@H]2CCCO2)c1. The van der Waals surface area contributed by atoms with Gasteiger partial charge in [0.05, 0.1) is 17.4 Å². The van der Waals surface area contributed by atoms with Gasteiger partial charge < -0.3 is 20.0 Å². The number of pyridine rings is 1. The molecule has 2 aromatic rings. The van der Waals surface area contributed by atoms with Crippen LogP contribution in [0.2, 0.25) is 0 Å². The van der Waals surface area contributed by atoms with Crippen molar-refractivity contribution in [1.29, 1.82) is 0 Å². The second kappa shape index (κ2) is 7.31. The molecule has 1 N–H and O–H groups in total. The van der Waals surface area contributed by atoms with Gasteiger partial charge in [0.2, 0.25) is 0 Å². The van der Waals surface area contributed by atoms with E-state index in [1.807, 2.05) is 25.1 Å². The van der Waals surface area contributed by atoms with Crippen LogP contribution in [0.15, 0.2) is 42.7 Å². The molecule has 1 atom stereocenters. The number of hydrogen-bond donors (Lipinski definition) is 1. The maximum absolute atomic E-state index is 12.3. The standard InChI is InChI=1S/C18H20N2O4/c1-13-4-5-16(17(11-13)24-12-15-3-2-10-23-15)19-18(21)14-6-8-20(22)9-7-14/h4-9,11,15H,2-3,10,12H2,1H3,(H,19,21)/t15-/m0/s1. The van der Waals surface area contributed by atoms with Gasteiger partial charge in [-0.2, -0.15) is 4.73 Å². The maximum Gasteiger partial charge on any atom is 0.256 e. The van der Waals surface area contributed by atoms with Crippen molar-refractivity contribution in [2.75, 3.05) is 18.5 Å². The van der Waals surface area contributed by atoms with Crippen molar-refractivity contribution in [1.82, 2.24) is 0 Å². The second-order valence-corrected chi connectivity index (χ2v) is 5.85. The molecule has 1 aliphatic rings. The molecule has 6 heteroatoms. The van der Waals surface area contributed by atoms with E-state index in [9.17, 15) is 10.0 Å². The van der Waals surface area contributed by atoms with Crippen LogP contribution in [-0.2, 0) is 4.74 Å². The van der Waals surface area contributed by atoms with Crippen LogP contribution in [-0.4, -0.2) is 25.2 Å². The highest BCUT2D eigenvalue weighted by Gasteiger charge is 2.17. The lowest BCUT2D eigenvalue weighted by atomic mass is 10.2. The summed E-state index contributed by atoms with van der Waals surface area (Å²) in [5.74, 6) is 0.329. The summed E-state index contributed by atoms with van der Waals surface area (Å²) in [6, 6.07) is 8.56. The number of benzene rings is 1. The van der Waals surface area contributed by atoms with E-state index in [1.165, 1.54) is 24.5 Å². The Kier molecular flexibility index (Phi) is 4.96. The average molecular weight is 328 g/mol.